The molecule has 5 aromatic rings. The van der Waals surface area contributed by atoms with Gasteiger partial charge in [-0.25, -0.2) is 9.71 Å². The number of fused-ring (bicyclic) bond motifs is 2. The van der Waals surface area contributed by atoms with Crippen molar-refractivity contribution in [1.82, 2.24) is 24.6 Å². The van der Waals surface area contributed by atoms with Crippen molar-refractivity contribution in [3.63, 3.8) is 0 Å². The molecule has 5 aliphatic rings. The summed E-state index contributed by atoms with van der Waals surface area (Å²) in [7, 11) is -4.75. The number of H-pyrrole nitrogens is 1. The third-order valence-corrected chi connectivity index (χ3v) is 17.5. The number of rotatable bonds is 12. The highest BCUT2D eigenvalue weighted by molar-refractivity contribution is 8.00. The molecule has 2 aromatic carbocycles. The molecule has 360 valence electrons. The predicted octanol–water partition coefficient (Wildman–Crippen LogP) is 8.91. The third-order valence-electron chi connectivity index (χ3n) is 15.0. The van der Waals surface area contributed by atoms with Crippen LogP contribution in [0.15, 0.2) is 83.0 Å². The van der Waals surface area contributed by atoms with Crippen LogP contribution in [0.25, 0.3) is 11.0 Å². The van der Waals surface area contributed by atoms with Gasteiger partial charge in [-0.05, 0) is 117 Å². The molecule has 3 aromatic heterocycles. The highest BCUT2D eigenvalue weighted by Gasteiger charge is 2.50. The molecule has 1 spiro atoms. The Morgan fingerprint density at radius 3 is 2.60 bits per heavy atom. The lowest BCUT2D eigenvalue weighted by Crippen LogP contribution is -2.58. The number of hydrogen-bond donors (Lipinski definition) is 3. The molecule has 2 atom stereocenters. The van der Waals surface area contributed by atoms with Crippen LogP contribution in [0.5, 0.6) is 17.4 Å². The SMILES string of the molecule is CC(C)c1ccccc1[C@H]1COCCN1C1CC2(CCN(c3ccc(C(=O)NS(=O)(=O)c4cc([N+](=O)[O-])c5c(n4)OC[C@H](CC4CCC(C)(O)CC4)S5)c(Oc4cnc5[nH]ccc5c4)c3)CC2)C1. The molecule has 3 N–H and O–H groups in total. The lowest BCUT2D eigenvalue weighted by molar-refractivity contribution is -0.388. The van der Waals surface area contributed by atoms with Gasteiger partial charge in [0, 0.05) is 54.3 Å². The van der Waals surface area contributed by atoms with Crippen LogP contribution in [0, 0.1) is 21.4 Å². The summed E-state index contributed by atoms with van der Waals surface area (Å²) in [4.78, 5) is 42.7. The quantitative estimate of drug-likeness (QED) is 0.0790. The Labute approximate surface area is 400 Å². The number of carbonyl (C=O) groups is 1. The molecular formula is C50H59N7O9S2. The summed E-state index contributed by atoms with van der Waals surface area (Å²) in [5.74, 6) is 0.0573. The first-order chi connectivity index (χ1) is 32.6. The fourth-order valence-corrected chi connectivity index (χ4v) is 13.4. The van der Waals surface area contributed by atoms with E-state index in [0.717, 1.165) is 88.3 Å². The van der Waals surface area contributed by atoms with Crippen LogP contribution in [0.4, 0.5) is 11.4 Å². The summed E-state index contributed by atoms with van der Waals surface area (Å²) >= 11 is 1.26. The van der Waals surface area contributed by atoms with E-state index in [2.05, 4.69) is 67.6 Å². The first kappa shape index (κ1) is 46.5. The molecule has 4 fully saturated rings. The number of nitrogens with zero attached hydrogens (tertiary/aromatic N) is 5. The maximum absolute atomic E-state index is 14.1. The summed E-state index contributed by atoms with van der Waals surface area (Å²) in [6.45, 7) is 10.5. The van der Waals surface area contributed by atoms with E-state index in [-0.39, 0.29) is 45.4 Å². The van der Waals surface area contributed by atoms with Gasteiger partial charge < -0.3 is 29.2 Å². The Kier molecular flexibility index (Phi) is 12.7. The molecule has 68 heavy (non-hydrogen) atoms. The number of amides is 1. The average Bonchev–Trinajstić information content (AvgIpc) is 3.79. The number of aromatic amines is 1. The number of piperidine rings is 1. The number of pyridine rings is 2. The first-order valence-corrected chi connectivity index (χ1v) is 26.2. The van der Waals surface area contributed by atoms with Crippen LogP contribution in [0.1, 0.15) is 112 Å². The fraction of sp³-hybridized carbons (Fsp3) is 0.500. The van der Waals surface area contributed by atoms with Crippen LogP contribution < -0.4 is 19.1 Å². The van der Waals surface area contributed by atoms with Gasteiger partial charge >= 0.3 is 0 Å². The minimum Gasteiger partial charge on any atom is -0.475 e. The number of hydrogen-bond acceptors (Lipinski definition) is 14. The van der Waals surface area contributed by atoms with Crippen LogP contribution in [0.3, 0.4) is 0 Å². The summed E-state index contributed by atoms with van der Waals surface area (Å²) in [6.07, 6.45) is 11.4. The maximum Gasteiger partial charge on any atom is 0.291 e. The van der Waals surface area contributed by atoms with Gasteiger partial charge in [-0.2, -0.15) is 13.4 Å². The van der Waals surface area contributed by atoms with Crippen molar-refractivity contribution in [2.75, 3.05) is 44.4 Å². The smallest absolute Gasteiger partial charge is 0.291 e. The molecule has 1 amide bonds. The van der Waals surface area contributed by atoms with E-state index < -0.39 is 37.2 Å². The molecule has 0 unspecified atom stereocenters. The molecule has 18 heteroatoms. The zero-order chi connectivity index (χ0) is 47.4. The van der Waals surface area contributed by atoms with E-state index in [0.29, 0.717) is 48.7 Å². The zero-order valence-corrected chi connectivity index (χ0v) is 40.3. The minimum atomic E-state index is -4.75. The van der Waals surface area contributed by atoms with Gasteiger partial charge in [-0.15, -0.1) is 11.8 Å². The molecule has 2 aliphatic carbocycles. The number of aliphatic hydroxyl groups is 1. The number of benzene rings is 2. The summed E-state index contributed by atoms with van der Waals surface area (Å²) in [5.41, 5.74) is 3.28. The van der Waals surface area contributed by atoms with Crippen molar-refractivity contribution in [3.05, 3.63) is 99.9 Å². The van der Waals surface area contributed by atoms with E-state index >= 15 is 0 Å². The second-order valence-corrected chi connectivity index (χ2v) is 23.0. The van der Waals surface area contributed by atoms with Crippen LogP contribution in [-0.2, 0) is 14.8 Å². The standard InChI is InChI=1S/C50H59N7O9S2/c1-31(2)38-6-4-5-7-39(38)42-30-64-21-20-56(42)35-26-50(27-35)15-18-55(19-16-50)34-8-9-40(43(24-34)66-36-23-33-12-17-51-46(33)52-28-36)47(58)54-68(62,63)44-25-41(57(60)61)45-48(53-44)65-29-37(67-45)22-32-10-13-49(3,59)14-11-32/h4-9,12,17,23-25,28,31-32,35,37,42,59H,10-11,13-16,18-22,26-27,29-30H2,1-3H3,(H,51,52)(H,54,58)/t32?,37-,42+,49?/m0/s1. The Morgan fingerprint density at radius 1 is 1.06 bits per heavy atom. The van der Waals surface area contributed by atoms with Crippen LogP contribution in [-0.4, -0.2) is 101 Å². The normalized spacial score (nSPS) is 24.3. The number of sulfonamides is 1. The number of anilines is 1. The third kappa shape index (κ3) is 9.54. The molecular weight excluding hydrogens is 907 g/mol. The number of aromatic nitrogens is 3. The van der Waals surface area contributed by atoms with Crippen LogP contribution >= 0.6 is 11.8 Å². The number of ether oxygens (including phenoxy) is 3. The van der Waals surface area contributed by atoms with Crippen molar-refractivity contribution in [2.45, 2.75) is 117 Å². The maximum atomic E-state index is 14.1. The molecule has 2 saturated heterocycles. The number of morpholine rings is 1. The van der Waals surface area contributed by atoms with Crippen molar-refractivity contribution in [3.8, 4) is 17.4 Å². The zero-order valence-electron chi connectivity index (χ0n) is 38.7. The number of thioether (sulfide) groups is 1. The minimum absolute atomic E-state index is 0.0627. The van der Waals surface area contributed by atoms with Crippen LogP contribution in [0.2, 0.25) is 0 Å². The number of nitrogens with one attached hydrogen (secondary N) is 2. The predicted molar refractivity (Wildman–Crippen MR) is 258 cm³/mol. The Hall–Kier alpha value is -5.27. The number of carbonyl (C=O) groups excluding carboxylic acids is 1. The lowest BCUT2D eigenvalue weighted by Gasteiger charge is -2.57. The molecule has 2 saturated carbocycles. The average molecular weight is 966 g/mol. The largest absolute Gasteiger partial charge is 0.475 e. The number of nitro groups is 1. The van der Waals surface area contributed by atoms with E-state index in [9.17, 15) is 28.4 Å². The molecule has 6 heterocycles. The van der Waals surface area contributed by atoms with Gasteiger partial charge in [-0.1, -0.05) is 38.1 Å². The Balaban J connectivity index is 0.847. The van der Waals surface area contributed by atoms with Gasteiger partial charge in [0.25, 0.3) is 21.6 Å². The first-order valence-electron chi connectivity index (χ1n) is 23.8. The van der Waals surface area contributed by atoms with Gasteiger partial charge in [0.15, 0.2) is 5.03 Å². The molecule has 16 nitrogen and oxygen atoms in total. The highest BCUT2D eigenvalue weighted by Crippen LogP contribution is 2.53. The summed E-state index contributed by atoms with van der Waals surface area (Å²) in [5, 5.41) is 22.8. The summed E-state index contributed by atoms with van der Waals surface area (Å²) in [6, 6.07) is 19.1. The fourth-order valence-electron chi connectivity index (χ4n) is 11.1. The van der Waals surface area contributed by atoms with Gasteiger partial charge in [0.2, 0.25) is 5.88 Å². The van der Waals surface area contributed by atoms with Crippen molar-refractivity contribution in [1.29, 1.82) is 0 Å². The highest BCUT2D eigenvalue weighted by atomic mass is 32.2. The van der Waals surface area contributed by atoms with Crippen molar-refractivity contribution >= 4 is 50.1 Å². The van der Waals surface area contributed by atoms with Gasteiger partial charge in [-0.3, -0.25) is 19.8 Å². The van der Waals surface area contributed by atoms with Crippen molar-refractivity contribution < 1.29 is 37.5 Å². The van der Waals surface area contributed by atoms with E-state index in [4.69, 9.17) is 14.2 Å². The van der Waals surface area contributed by atoms with E-state index in [1.807, 2.05) is 13.0 Å². The molecule has 0 bridgehead atoms. The topological polar surface area (TPSA) is 202 Å². The Bertz CT molecular complexity index is 2810. The molecule has 10 rings (SSSR count). The second-order valence-electron chi connectivity index (χ2n) is 20.1. The summed E-state index contributed by atoms with van der Waals surface area (Å²) < 4.78 is 48.3. The van der Waals surface area contributed by atoms with Crippen molar-refractivity contribution in [2.24, 2.45) is 11.3 Å². The molecule has 3 aliphatic heterocycles. The lowest BCUT2D eigenvalue weighted by atomic mass is 9.59. The van der Waals surface area contributed by atoms with Gasteiger partial charge in [0.05, 0.1) is 47.6 Å². The molecule has 0 radical (unpaired) electrons. The monoisotopic (exact) mass is 965 g/mol. The van der Waals surface area contributed by atoms with E-state index in [1.54, 1.807) is 30.5 Å². The van der Waals surface area contributed by atoms with Gasteiger partial charge in [0.1, 0.15) is 28.6 Å². The Morgan fingerprint density at radius 2 is 1.84 bits per heavy atom. The van der Waals surface area contributed by atoms with E-state index in [1.165, 1.54) is 29.1 Å². The second kappa shape index (κ2) is 18.6.